The number of nitrogens with one attached hydrogen (secondary N) is 2. The molecule has 1 aliphatic heterocycles. The minimum Gasteiger partial charge on any atom is -0.361 e. The normalized spacial score (nSPS) is 16.5. The monoisotopic (exact) mass is 249 g/mol. The topological polar surface area (TPSA) is 44.4 Å². The van der Waals surface area contributed by atoms with Crippen molar-refractivity contribution < 1.29 is 4.79 Å². The zero-order valence-electron chi connectivity index (χ0n) is 9.64. The lowest BCUT2D eigenvalue weighted by Crippen LogP contribution is -2.42. The first-order valence-electron chi connectivity index (χ1n) is 5.55. The summed E-state index contributed by atoms with van der Waals surface area (Å²) in [5, 5.41) is 6.71. The molecule has 0 saturated carbocycles. The van der Waals surface area contributed by atoms with Gasteiger partial charge in [0.05, 0.1) is 0 Å². The zero-order valence-corrected chi connectivity index (χ0v) is 10.5. The Kier molecular flexibility index (Phi) is 3.58. The minimum absolute atomic E-state index is 0.0615. The van der Waals surface area contributed by atoms with Crippen LogP contribution in [0.25, 0.3) is 0 Å². The van der Waals surface area contributed by atoms with Crippen molar-refractivity contribution in [1.29, 1.82) is 0 Å². The Labute approximate surface area is 106 Å². The SMILES string of the molecule is CC(=O)NC(c1ccccc1)N1CCNC1=S. The minimum atomic E-state index is -0.184. The molecule has 1 aliphatic rings. The molecule has 1 heterocycles. The van der Waals surface area contributed by atoms with E-state index in [4.69, 9.17) is 12.2 Å². The molecular weight excluding hydrogens is 234 g/mol. The summed E-state index contributed by atoms with van der Waals surface area (Å²) in [6, 6.07) is 9.84. The molecule has 0 aromatic heterocycles. The van der Waals surface area contributed by atoms with Gasteiger partial charge >= 0.3 is 0 Å². The number of carbonyl (C=O) groups excluding carboxylic acids is 1. The summed E-state index contributed by atoms with van der Waals surface area (Å²) < 4.78 is 0. The Morgan fingerprint density at radius 1 is 1.47 bits per heavy atom. The lowest BCUT2D eigenvalue weighted by atomic mass is 10.1. The van der Waals surface area contributed by atoms with Gasteiger partial charge in [-0.2, -0.15) is 0 Å². The second kappa shape index (κ2) is 5.14. The molecule has 0 bridgehead atoms. The number of thiocarbonyl (C=S) groups is 1. The van der Waals surface area contributed by atoms with Gasteiger partial charge in [-0.15, -0.1) is 0 Å². The van der Waals surface area contributed by atoms with E-state index in [1.807, 2.05) is 35.2 Å². The molecule has 0 aliphatic carbocycles. The lowest BCUT2D eigenvalue weighted by molar-refractivity contribution is -0.120. The highest BCUT2D eigenvalue weighted by Crippen LogP contribution is 2.19. The fraction of sp³-hybridized carbons (Fsp3) is 0.333. The number of hydrogen-bond acceptors (Lipinski definition) is 2. The molecule has 1 amide bonds. The second-order valence-electron chi connectivity index (χ2n) is 3.94. The highest BCUT2D eigenvalue weighted by molar-refractivity contribution is 7.80. The molecule has 1 atom stereocenters. The highest BCUT2D eigenvalue weighted by Gasteiger charge is 2.26. The van der Waals surface area contributed by atoms with Crippen molar-refractivity contribution in [1.82, 2.24) is 15.5 Å². The Morgan fingerprint density at radius 2 is 2.18 bits per heavy atom. The van der Waals surface area contributed by atoms with Gasteiger partial charge in [-0.05, 0) is 17.8 Å². The Morgan fingerprint density at radius 3 is 2.71 bits per heavy atom. The van der Waals surface area contributed by atoms with Crippen LogP contribution in [0.15, 0.2) is 30.3 Å². The van der Waals surface area contributed by atoms with Gasteiger partial charge in [0.25, 0.3) is 0 Å². The standard InChI is InChI=1S/C12H15N3OS/c1-9(16)14-11(10-5-3-2-4-6-10)15-8-7-13-12(15)17/h2-6,11H,7-8H2,1H3,(H,13,17)(H,14,16). The molecule has 1 saturated heterocycles. The summed E-state index contributed by atoms with van der Waals surface area (Å²) in [4.78, 5) is 13.3. The predicted octanol–water partition coefficient (Wildman–Crippen LogP) is 1.01. The van der Waals surface area contributed by atoms with Crippen LogP contribution in [0.5, 0.6) is 0 Å². The maximum Gasteiger partial charge on any atom is 0.218 e. The number of rotatable bonds is 3. The van der Waals surface area contributed by atoms with Crippen LogP contribution in [0.4, 0.5) is 0 Å². The quantitative estimate of drug-likeness (QED) is 0.785. The molecule has 1 aromatic carbocycles. The van der Waals surface area contributed by atoms with Gasteiger partial charge in [-0.1, -0.05) is 30.3 Å². The first-order chi connectivity index (χ1) is 8.18. The van der Waals surface area contributed by atoms with Gasteiger partial charge in [0.1, 0.15) is 6.17 Å². The summed E-state index contributed by atoms with van der Waals surface area (Å²) in [5.74, 6) is -0.0615. The van der Waals surface area contributed by atoms with E-state index in [9.17, 15) is 4.79 Å². The van der Waals surface area contributed by atoms with E-state index in [-0.39, 0.29) is 12.1 Å². The van der Waals surface area contributed by atoms with Crippen molar-refractivity contribution in [2.24, 2.45) is 0 Å². The number of carbonyl (C=O) groups is 1. The third-order valence-corrected chi connectivity index (χ3v) is 3.04. The molecule has 4 nitrogen and oxygen atoms in total. The summed E-state index contributed by atoms with van der Waals surface area (Å²) in [6.45, 7) is 3.14. The van der Waals surface area contributed by atoms with Crippen LogP contribution in [0.2, 0.25) is 0 Å². The Hall–Kier alpha value is -1.62. The molecule has 1 unspecified atom stereocenters. The smallest absolute Gasteiger partial charge is 0.218 e. The second-order valence-corrected chi connectivity index (χ2v) is 4.33. The number of nitrogens with zero attached hydrogens (tertiary/aromatic N) is 1. The van der Waals surface area contributed by atoms with Crippen molar-refractivity contribution in [3.05, 3.63) is 35.9 Å². The highest BCUT2D eigenvalue weighted by atomic mass is 32.1. The molecule has 17 heavy (non-hydrogen) atoms. The Balaban J connectivity index is 2.25. The molecular formula is C12H15N3OS. The van der Waals surface area contributed by atoms with Crippen LogP contribution >= 0.6 is 12.2 Å². The van der Waals surface area contributed by atoms with Gasteiger partial charge in [-0.3, -0.25) is 4.79 Å². The summed E-state index contributed by atoms with van der Waals surface area (Å²) in [6.07, 6.45) is -0.184. The van der Waals surface area contributed by atoms with Gasteiger partial charge in [-0.25, -0.2) is 0 Å². The summed E-state index contributed by atoms with van der Waals surface area (Å²) >= 11 is 5.23. The van der Waals surface area contributed by atoms with Crippen molar-refractivity contribution in [2.45, 2.75) is 13.1 Å². The molecule has 0 spiro atoms. The van der Waals surface area contributed by atoms with Crippen molar-refractivity contribution in [3.8, 4) is 0 Å². The molecule has 0 radical (unpaired) electrons. The average molecular weight is 249 g/mol. The third kappa shape index (κ3) is 2.74. The van der Waals surface area contributed by atoms with Crippen LogP contribution in [-0.2, 0) is 4.79 Å². The van der Waals surface area contributed by atoms with Gasteiger partial charge < -0.3 is 15.5 Å². The molecule has 2 rings (SSSR count). The molecule has 90 valence electrons. The first-order valence-corrected chi connectivity index (χ1v) is 5.96. The van der Waals surface area contributed by atoms with E-state index in [1.54, 1.807) is 0 Å². The van der Waals surface area contributed by atoms with Crippen LogP contribution < -0.4 is 10.6 Å². The predicted molar refractivity (Wildman–Crippen MR) is 70.3 cm³/mol. The molecule has 5 heteroatoms. The largest absolute Gasteiger partial charge is 0.361 e. The number of amides is 1. The van der Waals surface area contributed by atoms with E-state index >= 15 is 0 Å². The number of hydrogen-bond donors (Lipinski definition) is 2. The molecule has 2 N–H and O–H groups in total. The van der Waals surface area contributed by atoms with Crippen LogP contribution in [0, 0.1) is 0 Å². The van der Waals surface area contributed by atoms with E-state index in [0.29, 0.717) is 5.11 Å². The van der Waals surface area contributed by atoms with E-state index in [0.717, 1.165) is 18.7 Å². The van der Waals surface area contributed by atoms with Crippen LogP contribution in [-0.4, -0.2) is 29.0 Å². The third-order valence-electron chi connectivity index (χ3n) is 2.66. The van der Waals surface area contributed by atoms with Gasteiger partial charge in [0.15, 0.2) is 5.11 Å². The number of benzene rings is 1. The van der Waals surface area contributed by atoms with Gasteiger partial charge in [0.2, 0.25) is 5.91 Å². The summed E-state index contributed by atoms with van der Waals surface area (Å²) in [5.41, 5.74) is 1.04. The van der Waals surface area contributed by atoms with Crippen molar-refractivity contribution in [3.63, 3.8) is 0 Å². The fourth-order valence-corrected chi connectivity index (χ4v) is 2.20. The Bertz CT molecular complexity index is 421. The lowest BCUT2D eigenvalue weighted by Gasteiger charge is -2.29. The first kappa shape index (κ1) is 11.9. The maximum absolute atomic E-state index is 11.3. The van der Waals surface area contributed by atoms with Crippen LogP contribution in [0.3, 0.4) is 0 Å². The zero-order chi connectivity index (χ0) is 12.3. The van der Waals surface area contributed by atoms with E-state index in [1.165, 1.54) is 6.92 Å². The van der Waals surface area contributed by atoms with Crippen molar-refractivity contribution >= 4 is 23.2 Å². The maximum atomic E-state index is 11.3. The van der Waals surface area contributed by atoms with Gasteiger partial charge in [0, 0.05) is 20.0 Å². The van der Waals surface area contributed by atoms with Crippen molar-refractivity contribution in [2.75, 3.05) is 13.1 Å². The fourth-order valence-electron chi connectivity index (χ4n) is 1.90. The summed E-state index contributed by atoms with van der Waals surface area (Å²) in [7, 11) is 0. The van der Waals surface area contributed by atoms with E-state index < -0.39 is 0 Å². The molecule has 1 aromatic rings. The average Bonchev–Trinajstić information content (AvgIpc) is 2.73. The molecule has 1 fully saturated rings. The van der Waals surface area contributed by atoms with Crippen LogP contribution in [0.1, 0.15) is 18.7 Å². The van der Waals surface area contributed by atoms with E-state index in [2.05, 4.69) is 10.6 Å².